The molecule has 1 aromatic heterocycles. The molecule has 2 heterocycles. The molecule has 43 heavy (non-hydrogen) atoms. The maximum absolute atomic E-state index is 13.1. The summed E-state index contributed by atoms with van der Waals surface area (Å²) in [4.78, 5) is 64.3. The predicted octanol–water partition coefficient (Wildman–Crippen LogP) is -3.39. The zero-order chi connectivity index (χ0) is 32.4. The standard InChI is InChI=1S/C26H40N8O9/c1-12(21(37)30-13(2)22(38)33-19(25(41)42)9-16-4-5-17(11-35)43-16)31-23(39)18(32-24(40)20(27)14(3)36)8-15-6-7-34(10-15)26(28)29/h4-6,12-14,18-20,35-36H,7-11,27H2,1-3H3,(H3,28,29)(H,30,37)(H,31,39)(H,32,40)(H,33,38)(H,41,42). The minimum absolute atomic E-state index is 0.00702. The average Bonchev–Trinajstić information content (AvgIpc) is 3.61. The van der Waals surface area contributed by atoms with Gasteiger partial charge in [-0.2, -0.15) is 0 Å². The second kappa shape index (κ2) is 15.7. The number of carboxylic acid groups (broad SMARTS) is 1. The summed E-state index contributed by atoms with van der Waals surface area (Å²) >= 11 is 0. The maximum Gasteiger partial charge on any atom is 0.326 e. The van der Waals surface area contributed by atoms with Gasteiger partial charge in [-0.05, 0) is 39.3 Å². The molecule has 17 heteroatoms. The largest absolute Gasteiger partial charge is 0.480 e. The quantitative estimate of drug-likeness (QED) is 0.0530. The molecule has 12 N–H and O–H groups in total. The van der Waals surface area contributed by atoms with Crippen LogP contribution in [0.4, 0.5) is 0 Å². The highest BCUT2D eigenvalue weighted by molar-refractivity contribution is 5.95. The van der Waals surface area contributed by atoms with Crippen LogP contribution in [-0.2, 0) is 37.0 Å². The summed E-state index contributed by atoms with van der Waals surface area (Å²) in [6, 6.07) is -3.34. The highest BCUT2D eigenvalue weighted by Gasteiger charge is 2.31. The van der Waals surface area contributed by atoms with E-state index in [1.807, 2.05) is 0 Å². The molecule has 4 amide bonds. The van der Waals surface area contributed by atoms with E-state index in [0.29, 0.717) is 12.1 Å². The van der Waals surface area contributed by atoms with Crippen LogP contribution in [0.25, 0.3) is 0 Å². The van der Waals surface area contributed by atoms with E-state index in [9.17, 15) is 34.2 Å². The van der Waals surface area contributed by atoms with E-state index in [-0.39, 0.29) is 43.5 Å². The first-order chi connectivity index (χ1) is 20.1. The number of rotatable bonds is 15. The summed E-state index contributed by atoms with van der Waals surface area (Å²) in [6.07, 6.45) is 0.353. The number of carbonyl (C=O) groups is 5. The lowest BCUT2D eigenvalue weighted by Gasteiger charge is -2.25. The van der Waals surface area contributed by atoms with Gasteiger partial charge in [0.1, 0.15) is 48.3 Å². The third-order valence-corrected chi connectivity index (χ3v) is 6.65. The number of carboxylic acids is 1. The van der Waals surface area contributed by atoms with E-state index >= 15 is 0 Å². The van der Waals surface area contributed by atoms with Crippen molar-refractivity contribution in [1.29, 1.82) is 5.41 Å². The number of furan rings is 1. The number of amides is 4. The van der Waals surface area contributed by atoms with Crippen molar-refractivity contribution in [3.63, 3.8) is 0 Å². The van der Waals surface area contributed by atoms with Crippen molar-refractivity contribution in [2.75, 3.05) is 13.1 Å². The number of nitrogens with two attached hydrogens (primary N) is 2. The Kier molecular flexibility index (Phi) is 12.6. The summed E-state index contributed by atoms with van der Waals surface area (Å²) in [5.41, 5.74) is 11.9. The van der Waals surface area contributed by atoms with Gasteiger partial charge in [0.05, 0.1) is 6.10 Å². The number of guanidine groups is 1. The first-order valence-corrected chi connectivity index (χ1v) is 13.5. The fourth-order valence-corrected chi connectivity index (χ4v) is 4.00. The Hall–Kier alpha value is -4.48. The average molecular weight is 609 g/mol. The Bertz CT molecular complexity index is 1230. The molecule has 0 spiro atoms. The van der Waals surface area contributed by atoms with Crippen LogP contribution in [0, 0.1) is 5.41 Å². The number of aliphatic carboxylic acids is 1. The SMILES string of the molecule is CC(NC(=O)C(C)NC(=O)C(CC1=CCN(C(=N)N)C1)NC(=O)C(N)C(C)O)C(=O)NC(Cc1ccc(CO)o1)C(=O)O. The van der Waals surface area contributed by atoms with Gasteiger partial charge in [0.2, 0.25) is 23.6 Å². The number of hydrogen-bond donors (Lipinski definition) is 10. The topological polar surface area (TPSA) is 286 Å². The summed E-state index contributed by atoms with van der Waals surface area (Å²) < 4.78 is 5.27. The fourth-order valence-electron chi connectivity index (χ4n) is 4.00. The van der Waals surface area contributed by atoms with Gasteiger partial charge >= 0.3 is 5.97 Å². The van der Waals surface area contributed by atoms with Crippen molar-refractivity contribution >= 4 is 35.6 Å². The van der Waals surface area contributed by atoms with Crippen LogP contribution in [0.15, 0.2) is 28.2 Å². The molecule has 0 fully saturated rings. The van der Waals surface area contributed by atoms with E-state index in [1.165, 1.54) is 37.8 Å². The molecule has 2 rings (SSSR count). The fraction of sp³-hybridized carbons (Fsp3) is 0.538. The van der Waals surface area contributed by atoms with Crippen LogP contribution in [0.1, 0.15) is 38.7 Å². The third kappa shape index (κ3) is 10.4. The van der Waals surface area contributed by atoms with Gasteiger partial charge in [-0.25, -0.2) is 4.79 Å². The number of aliphatic hydroxyl groups excluding tert-OH is 2. The third-order valence-electron chi connectivity index (χ3n) is 6.65. The summed E-state index contributed by atoms with van der Waals surface area (Å²) in [7, 11) is 0. The minimum Gasteiger partial charge on any atom is -0.480 e. The second-order valence-electron chi connectivity index (χ2n) is 10.3. The summed E-state index contributed by atoms with van der Waals surface area (Å²) in [6.45, 7) is 4.20. The van der Waals surface area contributed by atoms with Crippen molar-refractivity contribution in [2.45, 2.75) is 76.5 Å². The molecule has 17 nitrogen and oxygen atoms in total. The zero-order valence-corrected chi connectivity index (χ0v) is 24.1. The van der Waals surface area contributed by atoms with E-state index < -0.39 is 65.9 Å². The lowest BCUT2D eigenvalue weighted by Crippen LogP contribution is -2.58. The Morgan fingerprint density at radius 2 is 1.49 bits per heavy atom. The van der Waals surface area contributed by atoms with Gasteiger partial charge in [-0.3, -0.25) is 24.6 Å². The van der Waals surface area contributed by atoms with Crippen LogP contribution < -0.4 is 32.7 Å². The van der Waals surface area contributed by atoms with Gasteiger partial charge in [-0.15, -0.1) is 0 Å². The first-order valence-electron chi connectivity index (χ1n) is 13.5. The van der Waals surface area contributed by atoms with Crippen LogP contribution in [0.2, 0.25) is 0 Å². The molecule has 0 radical (unpaired) electrons. The molecule has 0 bridgehead atoms. The van der Waals surface area contributed by atoms with Crippen LogP contribution in [0.5, 0.6) is 0 Å². The number of carbonyl (C=O) groups excluding carboxylic acids is 4. The monoisotopic (exact) mass is 608 g/mol. The van der Waals surface area contributed by atoms with Crippen molar-refractivity contribution in [2.24, 2.45) is 11.5 Å². The van der Waals surface area contributed by atoms with E-state index in [1.54, 1.807) is 6.08 Å². The minimum atomic E-state index is -1.39. The molecule has 6 atom stereocenters. The predicted molar refractivity (Wildman–Crippen MR) is 151 cm³/mol. The first kappa shape index (κ1) is 34.7. The second-order valence-corrected chi connectivity index (χ2v) is 10.3. The Labute approximate surface area is 247 Å². The van der Waals surface area contributed by atoms with Crippen LogP contribution in [-0.4, -0.2) is 105 Å². The van der Waals surface area contributed by atoms with E-state index in [0.717, 1.165) is 0 Å². The van der Waals surface area contributed by atoms with Crippen LogP contribution >= 0.6 is 0 Å². The van der Waals surface area contributed by atoms with Gasteiger partial charge in [-0.1, -0.05) is 11.6 Å². The Morgan fingerprint density at radius 3 is 2.00 bits per heavy atom. The van der Waals surface area contributed by atoms with Gasteiger partial charge < -0.3 is 57.4 Å². The molecule has 1 aliphatic heterocycles. The smallest absolute Gasteiger partial charge is 0.326 e. The molecule has 238 valence electrons. The van der Waals surface area contributed by atoms with E-state index in [4.69, 9.17) is 26.4 Å². The molecule has 0 aliphatic carbocycles. The molecule has 1 aromatic rings. The van der Waals surface area contributed by atoms with Gasteiger partial charge in [0.15, 0.2) is 5.96 Å². The number of hydrogen-bond acceptors (Lipinski definition) is 10. The Balaban J connectivity index is 2.01. The maximum atomic E-state index is 13.1. The van der Waals surface area contributed by atoms with Crippen molar-refractivity contribution in [1.82, 2.24) is 26.2 Å². The molecule has 1 aliphatic rings. The normalized spacial score (nSPS) is 17.0. The molecule has 6 unspecified atom stereocenters. The highest BCUT2D eigenvalue weighted by Crippen LogP contribution is 2.15. The van der Waals surface area contributed by atoms with Crippen molar-refractivity contribution in [3.8, 4) is 0 Å². The molecular weight excluding hydrogens is 568 g/mol. The molecule has 0 aromatic carbocycles. The zero-order valence-electron chi connectivity index (χ0n) is 24.1. The molecule has 0 saturated carbocycles. The van der Waals surface area contributed by atoms with Gasteiger partial charge in [0, 0.05) is 19.5 Å². The van der Waals surface area contributed by atoms with Crippen molar-refractivity contribution < 1.29 is 43.7 Å². The number of nitrogens with zero attached hydrogens (tertiary/aromatic N) is 1. The van der Waals surface area contributed by atoms with Crippen molar-refractivity contribution in [3.05, 3.63) is 35.3 Å². The molecule has 0 saturated heterocycles. The van der Waals surface area contributed by atoms with E-state index in [2.05, 4.69) is 21.3 Å². The van der Waals surface area contributed by atoms with Gasteiger partial charge in [0.25, 0.3) is 0 Å². The summed E-state index contributed by atoms with van der Waals surface area (Å²) in [5, 5.41) is 45.5. The lowest BCUT2D eigenvalue weighted by atomic mass is 10.0. The summed E-state index contributed by atoms with van der Waals surface area (Å²) in [5.74, 6) is -4.18. The highest BCUT2D eigenvalue weighted by atomic mass is 16.4. The Morgan fingerprint density at radius 1 is 0.930 bits per heavy atom. The van der Waals surface area contributed by atoms with Crippen LogP contribution in [0.3, 0.4) is 0 Å². The lowest BCUT2D eigenvalue weighted by molar-refractivity contribution is -0.142. The molecular formula is C26H40N8O9. The number of aliphatic hydroxyl groups is 2. The number of nitrogens with one attached hydrogen (secondary N) is 5.